The SMILES string of the molecule is CC(Cc1cccs1)N(C)C(CN)C1CCCO1. The molecule has 2 rings (SSSR count). The maximum Gasteiger partial charge on any atom is 0.0743 e. The van der Waals surface area contributed by atoms with Gasteiger partial charge < -0.3 is 10.5 Å². The van der Waals surface area contributed by atoms with Crippen LogP contribution < -0.4 is 5.73 Å². The Morgan fingerprint density at radius 2 is 2.44 bits per heavy atom. The lowest BCUT2D eigenvalue weighted by Crippen LogP contribution is -2.50. The molecule has 102 valence electrons. The van der Waals surface area contributed by atoms with Gasteiger partial charge in [0, 0.05) is 30.1 Å². The Kier molecular flexibility index (Phi) is 5.18. The Morgan fingerprint density at radius 3 is 3.00 bits per heavy atom. The first-order chi connectivity index (χ1) is 8.72. The Balaban J connectivity index is 1.92. The van der Waals surface area contributed by atoms with Crippen molar-refractivity contribution in [2.45, 2.75) is 44.4 Å². The van der Waals surface area contributed by atoms with Crippen LogP contribution in [0.15, 0.2) is 17.5 Å². The van der Waals surface area contributed by atoms with Gasteiger partial charge in [-0.05, 0) is 44.7 Å². The van der Waals surface area contributed by atoms with Gasteiger partial charge in [-0.25, -0.2) is 0 Å². The van der Waals surface area contributed by atoms with Crippen LogP contribution in [0.25, 0.3) is 0 Å². The van der Waals surface area contributed by atoms with Crippen LogP contribution >= 0.6 is 11.3 Å². The third-order valence-corrected chi connectivity index (χ3v) is 4.83. The molecule has 0 spiro atoms. The second-order valence-corrected chi connectivity index (χ2v) is 6.18. The van der Waals surface area contributed by atoms with E-state index in [2.05, 4.69) is 36.4 Å². The van der Waals surface area contributed by atoms with Crippen molar-refractivity contribution in [1.82, 2.24) is 4.90 Å². The van der Waals surface area contributed by atoms with Gasteiger partial charge in [0.25, 0.3) is 0 Å². The summed E-state index contributed by atoms with van der Waals surface area (Å²) in [5, 5.41) is 2.14. The predicted octanol–water partition coefficient (Wildman–Crippen LogP) is 2.12. The van der Waals surface area contributed by atoms with Crippen molar-refractivity contribution in [3.05, 3.63) is 22.4 Å². The highest BCUT2D eigenvalue weighted by Crippen LogP contribution is 2.21. The summed E-state index contributed by atoms with van der Waals surface area (Å²) in [6.45, 7) is 3.85. The quantitative estimate of drug-likeness (QED) is 0.859. The zero-order chi connectivity index (χ0) is 13.0. The van der Waals surface area contributed by atoms with Crippen LogP contribution in [0.2, 0.25) is 0 Å². The molecule has 0 aromatic carbocycles. The summed E-state index contributed by atoms with van der Waals surface area (Å²) in [4.78, 5) is 3.84. The molecule has 1 aliphatic rings. The molecule has 2 N–H and O–H groups in total. The first kappa shape index (κ1) is 14.0. The lowest BCUT2D eigenvalue weighted by Gasteiger charge is -2.35. The highest BCUT2D eigenvalue weighted by atomic mass is 32.1. The van der Waals surface area contributed by atoms with Crippen LogP contribution in [0.4, 0.5) is 0 Å². The Labute approximate surface area is 114 Å². The average molecular weight is 268 g/mol. The Morgan fingerprint density at radius 1 is 1.61 bits per heavy atom. The van der Waals surface area contributed by atoms with Gasteiger partial charge in [-0.3, -0.25) is 4.90 Å². The number of rotatable bonds is 6. The van der Waals surface area contributed by atoms with E-state index in [1.165, 1.54) is 11.3 Å². The van der Waals surface area contributed by atoms with E-state index in [-0.39, 0.29) is 0 Å². The summed E-state index contributed by atoms with van der Waals surface area (Å²) in [5.41, 5.74) is 5.95. The minimum Gasteiger partial charge on any atom is -0.377 e. The van der Waals surface area contributed by atoms with Crippen molar-refractivity contribution in [3.8, 4) is 0 Å². The molecule has 18 heavy (non-hydrogen) atoms. The van der Waals surface area contributed by atoms with E-state index in [1.807, 2.05) is 11.3 Å². The molecular weight excluding hydrogens is 244 g/mol. The van der Waals surface area contributed by atoms with Crippen molar-refractivity contribution in [2.75, 3.05) is 20.2 Å². The lowest BCUT2D eigenvalue weighted by molar-refractivity contribution is 0.0240. The van der Waals surface area contributed by atoms with Crippen molar-refractivity contribution in [1.29, 1.82) is 0 Å². The minimum atomic E-state index is 0.325. The number of likely N-dealkylation sites (N-methyl/N-ethyl adjacent to an activating group) is 1. The second-order valence-electron chi connectivity index (χ2n) is 5.15. The van der Waals surface area contributed by atoms with Gasteiger partial charge >= 0.3 is 0 Å². The van der Waals surface area contributed by atoms with Crippen LogP contribution in [0.3, 0.4) is 0 Å². The lowest BCUT2D eigenvalue weighted by atomic mass is 10.0. The molecule has 0 aliphatic carbocycles. The molecule has 0 amide bonds. The topological polar surface area (TPSA) is 38.5 Å². The van der Waals surface area contributed by atoms with Gasteiger partial charge in [0.15, 0.2) is 0 Å². The van der Waals surface area contributed by atoms with E-state index in [0.29, 0.717) is 24.7 Å². The molecule has 0 radical (unpaired) electrons. The van der Waals surface area contributed by atoms with Crippen LogP contribution in [0.1, 0.15) is 24.6 Å². The molecule has 3 unspecified atom stereocenters. The maximum absolute atomic E-state index is 5.95. The van der Waals surface area contributed by atoms with Crippen molar-refractivity contribution in [3.63, 3.8) is 0 Å². The number of hydrogen-bond donors (Lipinski definition) is 1. The van der Waals surface area contributed by atoms with Gasteiger partial charge in [0.05, 0.1) is 6.10 Å². The Bertz CT molecular complexity index is 336. The molecule has 2 heterocycles. The largest absolute Gasteiger partial charge is 0.377 e. The number of hydrogen-bond acceptors (Lipinski definition) is 4. The summed E-state index contributed by atoms with van der Waals surface area (Å²) in [6, 6.07) is 5.18. The molecule has 0 saturated carbocycles. The molecule has 1 aromatic rings. The summed E-state index contributed by atoms with van der Waals surface area (Å²) < 4.78 is 5.79. The molecule has 3 nitrogen and oxygen atoms in total. The van der Waals surface area contributed by atoms with Crippen molar-refractivity contribution >= 4 is 11.3 Å². The monoisotopic (exact) mass is 268 g/mol. The van der Waals surface area contributed by atoms with Crippen LogP contribution in [-0.2, 0) is 11.2 Å². The van der Waals surface area contributed by atoms with Crippen molar-refractivity contribution in [2.24, 2.45) is 5.73 Å². The average Bonchev–Trinajstić information content (AvgIpc) is 3.02. The molecular formula is C14H24N2OS. The van der Waals surface area contributed by atoms with Crippen LogP contribution in [0, 0.1) is 0 Å². The number of nitrogens with zero attached hydrogens (tertiary/aromatic N) is 1. The van der Waals surface area contributed by atoms with E-state index in [4.69, 9.17) is 10.5 Å². The summed E-state index contributed by atoms with van der Waals surface area (Å²) in [7, 11) is 2.18. The van der Waals surface area contributed by atoms with Gasteiger partial charge in [0.2, 0.25) is 0 Å². The second kappa shape index (κ2) is 6.66. The standard InChI is InChI=1S/C14H24N2OS/c1-11(9-12-5-4-8-18-12)16(2)13(10-15)14-6-3-7-17-14/h4-5,8,11,13-14H,3,6-7,9-10,15H2,1-2H3. The maximum atomic E-state index is 5.95. The zero-order valence-electron chi connectivity index (χ0n) is 11.3. The first-order valence-electron chi connectivity index (χ1n) is 6.78. The van der Waals surface area contributed by atoms with E-state index in [9.17, 15) is 0 Å². The fourth-order valence-corrected chi connectivity index (χ4v) is 3.50. The van der Waals surface area contributed by atoms with E-state index in [1.54, 1.807) is 0 Å². The first-order valence-corrected chi connectivity index (χ1v) is 7.66. The molecule has 4 heteroatoms. The van der Waals surface area contributed by atoms with Crippen LogP contribution in [-0.4, -0.2) is 43.3 Å². The minimum absolute atomic E-state index is 0.325. The van der Waals surface area contributed by atoms with E-state index in [0.717, 1.165) is 19.4 Å². The highest BCUT2D eigenvalue weighted by molar-refractivity contribution is 7.09. The number of thiophene rings is 1. The van der Waals surface area contributed by atoms with Gasteiger partial charge in [0.1, 0.15) is 0 Å². The fourth-order valence-electron chi connectivity index (χ4n) is 2.68. The normalized spacial score (nSPS) is 23.4. The third-order valence-electron chi connectivity index (χ3n) is 3.93. The molecule has 1 fully saturated rings. The predicted molar refractivity (Wildman–Crippen MR) is 77.1 cm³/mol. The summed E-state index contributed by atoms with van der Waals surface area (Å²) in [6.07, 6.45) is 3.75. The summed E-state index contributed by atoms with van der Waals surface area (Å²) >= 11 is 1.83. The highest BCUT2D eigenvalue weighted by Gasteiger charge is 2.30. The molecule has 1 saturated heterocycles. The molecule has 1 aliphatic heterocycles. The number of nitrogens with two attached hydrogens (primary N) is 1. The molecule has 3 atom stereocenters. The fraction of sp³-hybridized carbons (Fsp3) is 0.714. The Hall–Kier alpha value is -0.420. The number of ether oxygens (including phenoxy) is 1. The molecule has 1 aromatic heterocycles. The van der Waals surface area contributed by atoms with E-state index < -0.39 is 0 Å². The van der Waals surface area contributed by atoms with Gasteiger partial charge in [-0.15, -0.1) is 11.3 Å². The summed E-state index contributed by atoms with van der Waals surface area (Å²) in [5.74, 6) is 0. The van der Waals surface area contributed by atoms with Gasteiger partial charge in [-0.1, -0.05) is 6.07 Å². The van der Waals surface area contributed by atoms with Crippen molar-refractivity contribution < 1.29 is 4.74 Å². The molecule has 0 bridgehead atoms. The van der Waals surface area contributed by atoms with E-state index >= 15 is 0 Å². The van der Waals surface area contributed by atoms with Crippen LogP contribution in [0.5, 0.6) is 0 Å². The van der Waals surface area contributed by atoms with Gasteiger partial charge in [-0.2, -0.15) is 0 Å². The third kappa shape index (κ3) is 3.32. The smallest absolute Gasteiger partial charge is 0.0743 e. The zero-order valence-corrected chi connectivity index (χ0v) is 12.2.